The topological polar surface area (TPSA) is 52.3 Å². The van der Waals surface area contributed by atoms with Crippen LogP contribution >= 0.6 is 0 Å². The van der Waals surface area contributed by atoms with Gasteiger partial charge in [-0.15, -0.1) is 0 Å². The summed E-state index contributed by atoms with van der Waals surface area (Å²) in [5.74, 6) is 5.32. The Bertz CT molecular complexity index is 372. The molecule has 5 fully saturated rings. The molecule has 5 aliphatic carbocycles. The maximum Gasteiger partial charge on any atom is 0.325 e. The molecule has 5 saturated carbocycles. The second-order valence-electron chi connectivity index (χ2n) is 7.82. The van der Waals surface area contributed by atoms with Gasteiger partial charge in [0.1, 0.15) is 5.54 Å². The summed E-state index contributed by atoms with van der Waals surface area (Å²) in [6, 6.07) is 0. The maximum absolute atomic E-state index is 11.7. The van der Waals surface area contributed by atoms with Crippen molar-refractivity contribution < 1.29 is 9.53 Å². The summed E-state index contributed by atoms with van der Waals surface area (Å²) in [5.41, 5.74) is 5.51. The number of rotatable bonds is 2. The molecule has 0 spiro atoms. The van der Waals surface area contributed by atoms with Crippen LogP contribution in [0.1, 0.15) is 44.9 Å². The molecular formula is C16H25NO2. The summed E-state index contributed by atoms with van der Waals surface area (Å²) in [7, 11) is 1.45. The molecule has 3 heteroatoms. The van der Waals surface area contributed by atoms with Gasteiger partial charge in [0.15, 0.2) is 0 Å². The van der Waals surface area contributed by atoms with Gasteiger partial charge in [-0.1, -0.05) is 0 Å². The molecule has 0 amide bonds. The molecular weight excluding hydrogens is 238 g/mol. The van der Waals surface area contributed by atoms with E-state index in [1.165, 1.54) is 39.2 Å². The highest BCUT2D eigenvalue weighted by Gasteiger charge is 2.57. The van der Waals surface area contributed by atoms with E-state index in [1.54, 1.807) is 0 Å². The largest absolute Gasteiger partial charge is 0.468 e. The van der Waals surface area contributed by atoms with Crippen LogP contribution in [0.15, 0.2) is 0 Å². The van der Waals surface area contributed by atoms with E-state index in [0.717, 1.165) is 42.4 Å². The minimum Gasteiger partial charge on any atom is -0.468 e. The second-order valence-corrected chi connectivity index (χ2v) is 7.82. The van der Waals surface area contributed by atoms with Crippen LogP contribution in [-0.2, 0) is 9.53 Å². The Balaban J connectivity index is 1.46. The van der Waals surface area contributed by atoms with Crippen molar-refractivity contribution in [1.82, 2.24) is 0 Å². The molecule has 4 bridgehead atoms. The lowest BCUT2D eigenvalue weighted by Gasteiger charge is -2.60. The smallest absolute Gasteiger partial charge is 0.325 e. The van der Waals surface area contributed by atoms with Crippen molar-refractivity contribution in [3.8, 4) is 0 Å². The molecule has 0 radical (unpaired) electrons. The third-order valence-corrected chi connectivity index (χ3v) is 6.69. The second kappa shape index (κ2) is 3.97. The molecule has 0 aliphatic heterocycles. The van der Waals surface area contributed by atoms with E-state index < -0.39 is 5.54 Å². The Morgan fingerprint density at radius 1 is 1.00 bits per heavy atom. The Morgan fingerprint density at radius 2 is 1.53 bits per heavy atom. The molecule has 19 heavy (non-hydrogen) atoms. The predicted octanol–water partition coefficient (Wildman–Crippen LogP) is 2.34. The van der Waals surface area contributed by atoms with Gasteiger partial charge in [-0.3, -0.25) is 4.79 Å². The zero-order chi connectivity index (χ0) is 13.2. The fourth-order valence-corrected chi connectivity index (χ4v) is 6.26. The molecule has 106 valence electrons. The van der Waals surface area contributed by atoms with Crippen LogP contribution in [-0.4, -0.2) is 18.6 Å². The summed E-state index contributed by atoms with van der Waals surface area (Å²) >= 11 is 0. The first kappa shape index (κ1) is 12.2. The lowest BCUT2D eigenvalue weighted by Crippen LogP contribution is -2.62. The van der Waals surface area contributed by atoms with Crippen molar-refractivity contribution in [2.75, 3.05) is 7.11 Å². The minimum atomic E-state index is -0.659. The molecule has 0 unspecified atom stereocenters. The van der Waals surface area contributed by atoms with Crippen LogP contribution in [0.4, 0.5) is 0 Å². The SMILES string of the molecule is COC(=O)C1(N)CC(C2C3CC4CC(C3)CC2C4)C1. The molecule has 5 aliphatic rings. The zero-order valence-corrected chi connectivity index (χ0v) is 11.8. The summed E-state index contributed by atoms with van der Waals surface area (Å²) in [6.45, 7) is 0. The lowest BCUT2D eigenvalue weighted by molar-refractivity contribution is -0.158. The van der Waals surface area contributed by atoms with Gasteiger partial charge in [0, 0.05) is 0 Å². The Hall–Kier alpha value is -0.570. The fourth-order valence-electron chi connectivity index (χ4n) is 6.26. The van der Waals surface area contributed by atoms with E-state index >= 15 is 0 Å². The monoisotopic (exact) mass is 263 g/mol. The normalized spacial score (nSPS) is 54.8. The first-order chi connectivity index (χ1) is 9.09. The Labute approximate surface area is 115 Å². The highest BCUT2D eigenvalue weighted by molar-refractivity contribution is 5.81. The number of ether oxygens (including phenoxy) is 1. The third-order valence-electron chi connectivity index (χ3n) is 6.69. The molecule has 0 aromatic carbocycles. The number of methoxy groups -OCH3 is 1. The van der Waals surface area contributed by atoms with Crippen LogP contribution in [0, 0.1) is 35.5 Å². The van der Waals surface area contributed by atoms with Crippen molar-refractivity contribution in [2.24, 2.45) is 41.2 Å². The van der Waals surface area contributed by atoms with E-state index in [9.17, 15) is 4.79 Å². The molecule has 0 heterocycles. The van der Waals surface area contributed by atoms with Gasteiger partial charge < -0.3 is 10.5 Å². The highest BCUT2D eigenvalue weighted by atomic mass is 16.5. The fraction of sp³-hybridized carbons (Fsp3) is 0.938. The van der Waals surface area contributed by atoms with Gasteiger partial charge in [0.2, 0.25) is 0 Å². The quantitative estimate of drug-likeness (QED) is 0.778. The summed E-state index contributed by atoms with van der Waals surface area (Å²) in [6.07, 6.45) is 9.09. The van der Waals surface area contributed by atoms with Gasteiger partial charge in [0.25, 0.3) is 0 Å². The summed E-state index contributed by atoms with van der Waals surface area (Å²) < 4.78 is 4.85. The Kier molecular flexibility index (Phi) is 2.55. The highest BCUT2D eigenvalue weighted by Crippen LogP contribution is 2.61. The number of nitrogens with two attached hydrogens (primary N) is 1. The molecule has 0 saturated heterocycles. The van der Waals surface area contributed by atoms with E-state index in [-0.39, 0.29) is 5.97 Å². The van der Waals surface area contributed by atoms with E-state index in [1.807, 2.05) is 0 Å². The summed E-state index contributed by atoms with van der Waals surface area (Å²) in [4.78, 5) is 11.7. The molecule has 3 nitrogen and oxygen atoms in total. The van der Waals surface area contributed by atoms with Crippen LogP contribution in [0.25, 0.3) is 0 Å². The standard InChI is InChI=1S/C16H25NO2/c1-19-15(18)16(17)7-13(8-16)14-11-3-9-2-10(5-11)6-12(14)4-9/h9-14H,2-8,17H2,1H3. The number of hydrogen-bond acceptors (Lipinski definition) is 3. The third kappa shape index (κ3) is 1.70. The van der Waals surface area contributed by atoms with Crippen molar-refractivity contribution in [3.05, 3.63) is 0 Å². The van der Waals surface area contributed by atoms with E-state index in [4.69, 9.17) is 10.5 Å². The van der Waals surface area contributed by atoms with E-state index in [0.29, 0.717) is 5.92 Å². The molecule has 5 rings (SSSR count). The van der Waals surface area contributed by atoms with E-state index in [2.05, 4.69) is 0 Å². The number of carbonyl (C=O) groups is 1. The first-order valence-electron chi connectivity index (χ1n) is 7.96. The molecule has 0 aromatic rings. The van der Waals surface area contributed by atoms with Gasteiger partial charge in [-0.2, -0.15) is 0 Å². The maximum atomic E-state index is 11.7. The van der Waals surface area contributed by atoms with Crippen molar-refractivity contribution in [1.29, 1.82) is 0 Å². The average molecular weight is 263 g/mol. The van der Waals surface area contributed by atoms with Gasteiger partial charge in [-0.05, 0) is 80.5 Å². The Morgan fingerprint density at radius 3 is 2.00 bits per heavy atom. The van der Waals surface area contributed by atoms with Crippen LogP contribution < -0.4 is 5.73 Å². The lowest BCUT2D eigenvalue weighted by atomic mass is 9.46. The molecule has 0 atom stereocenters. The minimum absolute atomic E-state index is 0.201. The van der Waals surface area contributed by atoms with Crippen molar-refractivity contribution in [3.63, 3.8) is 0 Å². The average Bonchev–Trinajstić information content (AvgIpc) is 2.34. The van der Waals surface area contributed by atoms with Crippen LogP contribution in [0.2, 0.25) is 0 Å². The van der Waals surface area contributed by atoms with Crippen molar-refractivity contribution >= 4 is 5.97 Å². The molecule has 2 N–H and O–H groups in total. The van der Waals surface area contributed by atoms with Crippen LogP contribution in [0.5, 0.6) is 0 Å². The zero-order valence-electron chi connectivity index (χ0n) is 11.8. The van der Waals surface area contributed by atoms with Gasteiger partial charge in [0.05, 0.1) is 7.11 Å². The number of hydrogen-bond donors (Lipinski definition) is 1. The first-order valence-corrected chi connectivity index (χ1v) is 7.96. The summed E-state index contributed by atoms with van der Waals surface area (Å²) in [5, 5.41) is 0. The number of carbonyl (C=O) groups excluding carboxylic acids is 1. The predicted molar refractivity (Wildman–Crippen MR) is 72.2 cm³/mol. The van der Waals surface area contributed by atoms with Gasteiger partial charge >= 0.3 is 5.97 Å². The van der Waals surface area contributed by atoms with Crippen molar-refractivity contribution in [2.45, 2.75) is 50.5 Å². The molecule has 0 aromatic heterocycles. The van der Waals surface area contributed by atoms with Gasteiger partial charge in [-0.25, -0.2) is 0 Å². The number of esters is 1. The van der Waals surface area contributed by atoms with Crippen LogP contribution in [0.3, 0.4) is 0 Å².